The van der Waals surface area contributed by atoms with Crippen LogP contribution in [0.15, 0.2) is 34.9 Å². The molecule has 0 saturated heterocycles. The van der Waals surface area contributed by atoms with E-state index in [1.807, 2.05) is 12.1 Å². The quantitative estimate of drug-likeness (QED) is 0.536. The van der Waals surface area contributed by atoms with Crippen LogP contribution < -0.4 is 0 Å². The zero-order valence-electron chi connectivity index (χ0n) is 20.6. The van der Waals surface area contributed by atoms with E-state index in [1.54, 1.807) is 32.9 Å². The molecule has 0 radical (unpaired) electrons. The van der Waals surface area contributed by atoms with Gasteiger partial charge >= 0.3 is 6.09 Å². The Bertz CT molecular complexity index is 1070. The second kappa shape index (κ2) is 7.77. The van der Waals surface area contributed by atoms with E-state index in [1.165, 1.54) is 11.9 Å². The number of ketones is 1. The molecule has 0 aromatic carbocycles. The number of hydrogen-bond donors (Lipinski definition) is 3. The van der Waals surface area contributed by atoms with Gasteiger partial charge in [-0.1, -0.05) is 37.6 Å². The first-order valence-corrected chi connectivity index (χ1v) is 11.8. The summed E-state index contributed by atoms with van der Waals surface area (Å²) in [4.78, 5) is 28.5. The first kappa shape index (κ1) is 24.6. The van der Waals surface area contributed by atoms with Crippen LogP contribution in [0.3, 0.4) is 0 Å². The topological polar surface area (TPSA) is 131 Å². The van der Waals surface area contributed by atoms with E-state index in [0.717, 1.165) is 0 Å². The maximum Gasteiger partial charge on any atom is 0.410 e. The number of rotatable bonds is 4. The molecule has 184 valence electrons. The minimum atomic E-state index is -2.23. The van der Waals surface area contributed by atoms with E-state index < -0.39 is 47.9 Å². The van der Waals surface area contributed by atoms with Crippen LogP contribution in [-0.2, 0) is 9.53 Å². The number of carbonyl (C=O) groups excluding carboxylic acids is 2. The Morgan fingerprint density at radius 1 is 1.32 bits per heavy atom. The summed E-state index contributed by atoms with van der Waals surface area (Å²) in [5.41, 5.74) is -2.75. The number of carbonyl (C=O) groups is 2. The van der Waals surface area contributed by atoms with Crippen molar-refractivity contribution in [3.8, 4) is 6.07 Å². The summed E-state index contributed by atoms with van der Waals surface area (Å²) in [7, 11) is 1.49. The molecule has 1 spiro atoms. The number of amides is 1. The Balaban J connectivity index is 1.85. The van der Waals surface area contributed by atoms with E-state index in [-0.39, 0.29) is 35.0 Å². The van der Waals surface area contributed by atoms with Crippen LogP contribution in [0.4, 0.5) is 4.79 Å². The third-order valence-electron chi connectivity index (χ3n) is 8.91. The molecule has 0 heterocycles. The van der Waals surface area contributed by atoms with Crippen LogP contribution in [0.5, 0.6) is 0 Å². The highest BCUT2D eigenvalue weighted by Crippen LogP contribution is 2.69. The second-order valence-electron chi connectivity index (χ2n) is 11.0. The molecule has 1 saturated carbocycles. The fraction of sp³-hybridized carbons (Fsp3) is 0.654. The van der Waals surface area contributed by atoms with Crippen LogP contribution in [0.25, 0.3) is 0 Å². The lowest BCUT2D eigenvalue weighted by Crippen LogP contribution is -2.64. The molecule has 0 aromatic rings. The van der Waals surface area contributed by atoms with E-state index in [0.29, 0.717) is 11.1 Å². The zero-order chi connectivity index (χ0) is 25.4. The van der Waals surface area contributed by atoms with Gasteiger partial charge in [-0.2, -0.15) is 5.26 Å². The molecule has 0 aromatic heterocycles. The summed E-state index contributed by atoms with van der Waals surface area (Å²) in [6.07, 6.45) is 1.64. The molecule has 1 unspecified atom stereocenters. The smallest absolute Gasteiger partial charge is 0.410 e. The van der Waals surface area contributed by atoms with Gasteiger partial charge in [0, 0.05) is 19.0 Å². The van der Waals surface area contributed by atoms with Crippen molar-refractivity contribution in [3.63, 3.8) is 0 Å². The van der Waals surface area contributed by atoms with Crippen molar-refractivity contribution >= 4 is 11.9 Å². The molecule has 34 heavy (non-hydrogen) atoms. The minimum Gasteiger partial charge on any atom is -0.438 e. The lowest BCUT2D eigenvalue weighted by atomic mass is 9.62. The Morgan fingerprint density at radius 2 is 1.97 bits per heavy atom. The van der Waals surface area contributed by atoms with Gasteiger partial charge in [-0.3, -0.25) is 4.79 Å². The van der Waals surface area contributed by atoms with E-state index >= 15 is 0 Å². The van der Waals surface area contributed by atoms with Crippen LogP contribution >= 0.6 is 0 Å². The number of aliphatic hydroxyl groups is 3. The third kappa shape index (κ3) is 2.93. The normalized spacial score (nSPS) is 40.3. The lowest BCUT2D eigenvalue weighted by molar-refractivity contribution is -0.173. The number of nitriles is 1. The minimum absolute atomic E-state index is 0.0151. The largest absolute Gasteiger partial charge is 0.438 e. The number of allylic oxidation sites excluding steroid dienone is 2. The van der Waals surface area contributed by atoms with E-state index in [9.17, 15) is 24.9 Å². The Morgan fingerprint density at radius 3 is 2.56 bits per heavy atom. The number of aliphatic hydroxyl groups excluding tert-OH is 2. The molecule has 3 N–H and O–H groups in total. The van der Waals surface area contributed by atoms with E-state index in [2.05, 4.69) is 13.8 Å². The van der Waals surface area contributed by atoms with Crippen LogP contribution in [0, 0.1) is 39.9 Å². The average Bonchev–Trinajstić information content (AvgIpc) is 3.27. The fourth-order valence-corrected chi connectivity index (χ4v) is 6.63. The van der Waals surface area contributed by atoms with Crippen LogP contribution in [-0.4, -0.2) is 69.6 Å². The molecule has 4 rings (SSSR count). The molecule has 0 aliphatic heterocycles. The van der Waals surface area contributed by atoms with E-state index in [4.69, 9.17) is 10.00 Å². The van der Waals surface area contributed by atoms with Gasteiger partial charge < -0.3 is 25.0 Å². The second-order valence-corrected chi connectivity index (χ2v) is 11.0. The molecule has 8 atom stereocenters. The Hall–Kier alpha value is -2.47. The zero-order valence-corrected chi connectivity index (χ0v) is 20.6. The van der Waals surface area contributed by atoms with Gasteiger partial charge in [0.25, 0.3) is 0 Å². The van der Waals surface area contributed by atoms with Crippen molar-refractivity contribution < 1.29 is 29.6 Å². The van der Waals surface area contributed by atoms with Gasteiger partial charge in [0.1, 0.15) is 11.5 Å². The maximum atomic E-state index is 14.2. The number of hydrogen-bond acceptors (Lipinski definition) is 7. The molecule has 8 nitrogen and oxygen atoms in total. The highest BCUT2D eigenvalue weighted by molar-refractivity contribution is 5.98. The molecule has 1 fully saturated rings. The molecule has 1 amide bonds. The van der Waals surface area contributed by atoms with Crippen molar-refractivity contribution in [2.24, 2.45) is 28.6 Å². The molecular weight excluding hydrogens is 436 g/mol. The Kier molecular flexibility index (Phi) is 5.63. The van der Waals surface area contributed by atoms with Crippen LogP contribution in [0.1, 0.15) is 41.0 Å². The number of ether oxygens (including phenoxy) is 1. The molecule has 2 bridgehead atoms. The predicted octanol–water partition coefficient (Wildman–Crippen LogP) is 2.11. The average molecular weight is 471 g/mol. The van der Waals surface area contributed by atoms with Crippen molar-refractivity contribution in [2.45, 2.75) is 64.9 Å². The maximum absolute atomic E-state index is 14.2. The summed E-state index contributed by atoms with van der Waals surface area (Å²) in [6, 6.07) is 1.58. The summed E-state index contributed by atoms with van der Waals surface area (Å²) in [5, 5.41) is 42.9. The molecule has 4 aliphatic rings. The predicted molar refractivity (Wildman–Crippen MR) is 123 cm³/mol. The van der Waals surface area contributed by atoms with Gasteiger partial charge in [0.2, 0.25) is 0 Å². The summed E-state index contributed by atoms with van der Waals surface area (Å²) in [6.45, 7) is 8.79. The standard InChI is InChI=1S/C26H34N2O6/c1-13-11-25-14(2)9-18-19(24(18,4)5)17(21(25)31)10-16(12-29)20(30)26(25,33)22(13)34-23(32)28(6)15(3)7-8-27/h9-11,15,17-20,22,29-30,33H,7,12H2,1-6H3/t15?,17-,18+,19-,20+,22-,25-,26-/m0/s1. The highest BCUT2D eigenvalue weighted by atomic mass is 16.6. The van der Waals surface area contributed by atoms with Crippen molar-refractivity contribution in [3.05, 3.63) is 34.9 Å². The SMILES string of the molecule is CC1=C[C@]23C(=O)[C@@H](C=C(CO)[C@@H](O)[C@]2(O)[C@H]1OC(=O)N(C)C(C)CC#N)[C@H]1[C@@H](C=C3C)C1(C)C. The van der Waals surface area contributed by atoms with Gasteiger partial charge in [0.05, 0.1) is 19.1 Å². The number of Topliss-reactive ketones (excluding diaryl/α,β-unsaturated/α-hetero) is 1. The first-order valence-electron chi connectivity index (χ1n) is 11.8. The van der Waals surface area contributed by atoms with Crippen LogP contribution in [0.2, 0.25) is 0 Å². The summed E-state index contributed by atoms with van der Waals surface area (Å²) < 4.78 is 5.76. The van der Waals surface area contributed by atoms with Gasteiger partial charge in [-0.25, -0.2) is 4.79 Å². The van der Waals surface area contributed by atoms with Gasteiger partial charge in [0.15, 0.2) is 17.5 Å². The molecular formula is C26H34N2O6. The fourth-order valence-electron chi connectivity index (χ4n) is 6.63. The van der Waals surface area contributed by atoms with Crippen molar-refractivity contribution in [2.75, 3.05) is 13.7 Å². The highest BCUT2D eigenvalue weighted by Gasteiger charge is 2.74. The number of fused-ring (bicyclic) bond motifs is 3. The Labute approximate surface area is 200 Å². The molecule has 4 aliphatic carbocycles. The number of nitrogens with zero attached hydrogens (tertiary/aromatic N) is 2. The first-order chi connectivity index (χ1) is 15.8. The van der Waals surface area contributed by atoms with Gasteiger partial charge in [-0.05, 0) is 49.2 Å². The lowest BCUT2D eigenvalue weighted by Gasteiger charge is -2.46. The third-order valence-corrected chi connectivity index (χ3v) is 8.91. The van der Waals surface area contributed by atoms with Crippen molar-refractivity contribution in [1.29, 1.82) is 5.26 Å². The molecule has 8 heteroatoms. The monoisotopic (exact) mass is 470 g/mol. The van der Waals surface area contributed by atoms with Crippen molar-refractivity contribution in [1.82, 2.24) is 4.90 Å². The van der Waals surface area contributed by atoms with Gasteiger partial charge in [-0.15, -0.1) is 0 Å². The summed E-state index contributed by atoms with van der Waals surface area (Å²) >= 11 is 0. The summed E-state index contributed by atoms with van der Waals surface area (Å²) in [5.74, 6) is -0.756.